The normalized spacial score (nSPS) is 12.5. The van der Waals surface area contributed by atoms with Crippen molar-refractivity contribution >= 4 is 5.91 Å². The first-order valence-corrected chi connectivity index (χ1v) is 4.10. The fourth-order valence-corrected chi connectivity index (χ4v) is 0.931. The molecule has 1 heterocycles. The molecule has 0 radical (unpaired) electrons. The number of nitrogens with two attached hydrogens (primary N) is 1. The quantitative estimate of drug-likeness (QED) is 0.573. The Balaban J connectivity index is 2.42. The van der Waals surface area contributed by atoms with E-state index in [1.807, 2.05) is 6.92 Å². The molecule has 0 bridgehead atoms. The van der Waals surface area contributed by atoms with Crippen molar-refractivity contribution in [1.29, 1.82) is 0 Å². The number of hydrogen-bond donors (Lipinski definition) is 3. The zero-order valence-electron chi connectivity index (χ0n) is 7.45. The van der Waals surface area contributed by atoms with Crippen LogP contribution >= 0.6 is 0 Å². The van der Waals surface area contributed by atoms with E-state index in [0.29, 0.717) is 12.2 Å². The van der Waals surface area contributed by atoms with Gasteiger partial charge in [-0.25, -0.2) is 0 Å². The van der Waals surface area contributed by atoms with E-state index >= 15 is 0 Å². The number of hydrogen-bond acceptors (Lipinski definition) is 4. The zero-order chi connectivity index (χ0) is 9.68. The first kappa shape index (κ1) is 9.66. The van der Waals surface area contributed by atoms with Crippen molar-refractivity contribution in [3.63, 3.8) is 0 Å². The Morgan fingerprint density at radius 1 is 1.85 bits per heavy atom. The number of nitrogens with zero attached hydrogens (tertiary/aromatic N) is 2. The van der Waals surface area contributed by atoms with E-state index in [2.05, 4.69) is 20.7 Å². The Morgan fingerprint density at radius 2 is 2.62 bits per heavy atom. The number of carbonyl (C=O) groups excluding carboxylic acids is 1. The number of aromatic amines is 1. The van der Waals surface area contributed by atoms with Gasteiger partial charge in [-0.1, -0.05) is 0 Å². The third-order valence-corrected chi connectivity index (χ3v) is 1.62. The van der Waals surface area contributed by atoms with Gasteiger partial charge in [-0.05, 0) is 19.9 Å². The second kappa shape index (κ2) is 4.56. The van der Waals surface area contributed by atoms with Crippen molar-refractivity contribution in [1.82, 2.24) is 20.7 Å². The molecule has 0 saturated carbocycles. The Labute approximate surface area is 75.9 Å². The molecule has 0 saturated heterocycles. The summed E-state index contributed by atoms with van der Waals surface area (Å²) < 4.78 is 0. The predicted octanol–water partition coefficient (Wildman–Crippen LogP) is -0.728. The highest BCUT2D eigenvalue weighted by Gasteiger charge is 2.10. The minimum atomic E-state index is -0.227. The Hall–Kier alpha value is -1.43. The van der Waals surface area contributed by atoms with Gasteiger partial charge in [0.2, 0.25) is 0 Å². The molecule has 6 nitrogen and oxygen atoms in total. The molecule has 6 heteroatoms. The first-order chi connectivity index (χ1) is 6.24. The summed E-state index contributed by atoms with van der Waals surface area (Å²) in [7, 11) is 0. The van der Waals surface area contributed by atoms with E-state index in [1.165, 1.54) is 6.20 Å². The van der Waals surface area contributed by atoms with E-state index in [4.69, 9.17) is 5.73 Å². The van der Waals surface area contributed by atoms with Crippen LogP contribution in [0.15, 0.2) is 6.20 Å². The van der Waals surface area contributed by atoms with Gasteiger partial charge in [0.05, 0.1) is 6.20 Å². The number of carbonyl (C=O) groups is 1. The number of nitrogens with one attached hydrogen (secondary N) is 2. The van der Waals surface area contributed by atoms with Gasteiger partial charge in [0.15, 0.2) is 5.69 Å². The monoisotopic (exact) mass is 183 g/mol. The molecule has 1 rings (SSSR count). The van der Waals surface area contributed by atoms with Crippen LogP contribution in [0.3, 0.4) is 0 Å². The molecule has 1 aromatic heterocycles. The van der Waals surface area contributed by atoms with E-state index in [9.17, 15) is 4.79 Å². The molecule has 4 N–H and O–H groups in total. The van der Waals surface area contributed by atoms with Crippen molar-refractivity contribution < 1.29 is 4.79 Å². The van der Waals surface area contributed by atoms with Crippen LogP contribution in [0.4, 0.5) is 0 Å². The second-order valence-electron chi connectivity index (χ2n) is 2.81. The molecule has 1 atom stereocenters. The number of H-pyrrole nitrogens is 1. The fourth-order valence-electron chi connectivity index (χ4n) is 0.931. The average Bonchev–Trinajstić information content (AvgIpc) is 2.55. The lowest BCUT2D eigenvalue weighted by atomic mass is 10.2. The highest BCUT2D eigenvalue weighted by molar-refractivity contribution is 5.91. The van der Waals surface area contributed by atoms with E-state index in [0.717, 1.165) is 6.42 Å². The molecule has 0 aliphatic rings. The minimum Gasteiger partial charge on any atom is -0.348 e. The van der Waals surface area contributed by atoms with E-state index in [1.54, 1.807) is 0 Å². The maximum atomic E-state index is 11.3. The highest BCUT2D eigenvalue weighted by atomic mass is 16.2. The van der Waals surface area contributed by atoms with E-state index < -0.39 is 0 Å². The SMILES string of the molecule is CC(CCN)NC(=O)c1cn[nH]n1. The summed E-state index contributed by atoms with van der Waals surface area (Å²) in [4.78, 5) is 11.3. The van der Waals surface area contributed by atoms with Crippen LogP contribution in [0.5, 0.6) is 0 Å². The Bertz CT molecular complexity index is 258. The minimum absolute atomic E-state index is 0.0641. The van der Waals surface area contributed by atoms with Crippen molar-refractivity contribution in [2.45, 2.75) is 19.4 Å². The van der Waals surface area contributed by atoms with Gasteiger partial charge in [0.1, 0.15) is 0 Å². The van der Waals surface area contributed by atoms with Gasteiger partial charge in [-0.15, -0.1) is 0 Å². The molecule has 72 valence electrons. The van der Waals surface area contributed by atoms with Crippen LogP contribution in [0.1, 0.15) is 23.8 Å². The summed E-state index contributed by atoms with van der Waals surface area (Å²) in [5.41, 5.74) is 5.63. The van der Waals surface area contributed by atoms with Gasteiger partial charge >= 0.3 is 0 Å². The molecule has 13 heavy (non-hydrogen) atoms. The van der Waals surface area contributed by atoms with Crippen LogP contribution in [-0.4, -0.2) is 33.9 Å². The lowest BCUT2D eigenvalue weighted by molar-refractivity contribution is 0.0934. The standard InChI is InChI=1S/C7H13N5O/c1-5(2-3-8)10-7(13)6-4-9-12-11-6/h4-5H,2-3,8H2,1H3,(H,10,13)(H,9,11,12). The van der Waals surface area contributed by atoms with E-state index in [-0.39, 0.29) is 11.9 Å². The van der Waals surface area contributed by atoms with Crippen LogP contribution < -0.4 is 11.1 Å². The largest absolute Gasteiger partial charge is 0.348 e. The fraction of sp³-hybridized carbons (Fsp3) is 0.571. The van der Waals surface area contributed by atoms with Crippen LogP contribution in [-0.2, 0) is 0 Å². The van der Waals surface area contributed by atoms with Crippen molar-refractivity contribution in [3.8, 4) is 0 Å². The molecular weight excluding hydrogens is 170 g/mol. The third kappa shape index (κ3) is 2.83. The van der Waals surface area contributed by atoms with Gasteiger partial charge < -0.3 is 11.1 Å². The van der Waals surface area contributed by atoms with Gasteiger partial charge in [-0.3, -0.25) is 4.79 Å². The summed E-state index contributed by atoms with van der Waals surface area (Å²) in [5, 5.41) is 12.3. The topological polar surface area (TPSA) is 96.7 Å². The Morgan fingerprint density at radius 3 is 3.15 bits per heavy atom. The molecule has 0 aliphatic heterocycles. The molecule has 1 aromatic rings. The summed E-state index contributed by atoms with van der Waals surface area (Å²) in [6.45, 7) is 2.45. The maximum absolute atomic E-state index is 11.3. The van der Waals surface area contributed by atoms with Gasteiger partial charge in [0.25, 0.3) is 5.91 Å². The zero-order valence-corrected chi connectivity index (χ0v) is 7.45. The maximum Gasteiger partial charge on any atom is 0.273 e. The molecular formula is C7H13N5O. The molecule has 1 amide bonds. The summed E-state index contributed by atoms with van der Waals surface area (Å²) in [6.07, 6.45) is 2.13. The van der Waals surface area contributed by atoms with Crippen molar-refractivity contribution in [2.75, 3.05) is 6.54 Å². The first-order valence-electron chi connectivity index (χ1n) is 4.10. The van der Waals surface area contributed by atoms with Crippen LogP contribution in [0.2, 0.25) is 0 Å². The lowest BCUT2D eigenvalue weighted by Crippen LogP contribution is -2.34. The number of aromatic nitrogens is 3. The van der Waals surface area contributed by atoms with Crippen LogP contribution in [0, 0.1) is 0 Å². The third-order valence-electron chi connectivity index (χ3n) is 1.62. The molecule has 0 fully saturated rings. The smallest absolute Gasteiger partial charge is 0.273 e. The number of rotatable bonds is 4. The van der Waals surface area contributed by atoms with Crippen molar-refractivity contribution in [2.24, 2.45) is 5.73 Å². The molecule has 0 aromatic carbocycles. The molecule has 1 unspecified atom stereocenters. The predicted molar refractivity (Wildman–Crippen MR) is 47.0 cm³/mol. The average molecular weight is 183 g/mol. The summed E-state index contributed by atoms with van der Waals surface area (Å²) in [5.74, 6) is -0.227. The van der Waals surface area contributed by atoms with Gasteiger partial charge in [-0.2, -0.15) is 15.4 Å². The summed E-state index contributed by atoms with van der Waals surface area (Å²) >= 11 is 0. The Kier molecular flexibility index (Phi) is 3.39. The second-order valence-corrected chi connectivity index (χ2v) is 2.81. The summed E-state index contributed by atoms with van der Waals surface area (Å²) in [6, 6.07) is 0.0641. The number of amides is 1. The highest BCUT2D eigenvalue weighted by Crippen LogP contribution is 1.92. The van der Waals surface area contributed by atoms with Gasteiger partial charge in [0, 0.05) is 6.04 Å². The lowest BCUT2D eigenvalue weighted by Gasteiger charge is -2.10. The molecule has 0 spiro atoms. The van der Waals surface area contributed by atoms with Crippen molar-refractivity contribution in [3.05, 3.63) is 11.9 Å². The molecule has 0 aliphatic carbocycles. The van der Waals surface area contributed by atoms with Crippen LogP contribution in [0.25, 0.3) is 0 Å².